The zero-order valence-corrected chi connectivity index (χ0v) is 10.6. The van der Waals surface area contributed by atoms with Gasteiger partial charge in [0, 0.05) is 18.2 Å². The zero-order valence-electron chi connectivity index (χ0n) is 10.6. The Morgan fingerprint density at radius 3 is 2.47 bits per heavy atom. The predicted molar refractivity (Wildman–Crippen MR) is 69.0 cm³/mol. The van der Waals surface area contributed by atoms with E-state index < -0.39 is 5.97 Å². The number of hydrogen-bond acceptors (Lipinski definition) is 4. The number of Topliss-reactive ketones (excluding diaryl/α,β-unsaturated/α-hetero) is 1. The fourth-order valence-electron chi connectivity index (χ4n) is 1.60. The fraction of sp³-hybridized carbons (Fsp3) is 0.214. The van der Waals surface area contributed by atoms with Gasteiger partial charge in [0.15, 0.2) is 5.78 Å². The standard InChI is InChI=1S/C14H14N2O3/c1-10(17)12-2-4-13(5-3-12)14(18)19-7-6-11-8-15-16-9-11/h2-5,8-9H,6-7H2,1H3,(H,15,16). The summed E-state index contributed by atoms with van der Waals surface area (Å²) in [5.74, 6) is -0.418. The van der Waals surface area contributed by atoms with Gasteiger partial charge in [0.1, 0.15) is 0 Å². The Morgan fingerprint density at radius 2 is 1.89 bits per heavy atom. The van der Waals surface area contributed by atoms with Crippen LogP contribution >= 0.6 is 0 Å². The van der Waals surface area contributed by atoms with Crippen molar-refractivity contribution >= 4 is 11.8 Å². The lowest BCUT2D eigenvalue weighted by Crippen LogP contribution is -2.08. The molecular formula is C14H14N2O3. The number of H-pyrrole nitrogens is 1. The molecule has 0 spiro atoms. The van der Waals surface area contributed by atoms with Crippen molar-refractivity contribution in [2.45, 2.75) is 13.3 Å². The summed E-state index contributed by atoms with van der Waals surface area (Å²) in [5, 5.41) is 6.50. The van der Waals surface area contributed by atoms with Crippen LogP contribution in [0.1, 0.15) is 33.2 Å². The molecule has 19 heavy (non-hydrogen) atoms. The highest BCUT2D eigenvalue weighted by Gasteiger charge is 2.08. The van der Waals surface area contributed by atoms with Crippen LogP contribution in [-0.4, -0.2) is 28.6 Å². The third-order valence-electron chi connectivity index (χ3n) is 2.71. The summed E-state index contributed by atoms with van der Waals surface area (Å²) in [7, 11) is 0. The van der Waals surface area contributed by atoms with Gasteiger partial charge in [-0.3, -0.25) is 9.89 Å². The Labute approximate surface area is 110 Å². The van der Waals surface area contributed by atoms with Crippen LogP contribution in [0.25, 0.3) is 0 Å². The zero-order chi connectivity index (χ0) is 13.7. The topological polar surface area (TPSA) is 72.1 Å². The van der Waals surface area contributed by atoms with E-state index in [4.69, 9.17) is 4.74 Å². The molecule has 0 amide bonds. The molecule has 0 aliphatic rings. The molecule has 0 aliphatic heterocycles. The number of nitrogens with zero attached hydrogens (tertiary/aromatic N) is 1. The number of carbonyl (C=O) groups is 2. The Bertz CT molecular complexity index is 559. The fourth-order valence-corrected chi connectivity index (χ4v) is 1.60. The lowest BCUT2D eigenvalue weighted by Gasteiger charge is -2.04. The number of rotatable bonds is 5. The van der Waals surface area contributed by atoms with Crippen LogP contribution in [0.15, 0.2) is 36.7 Å². The van der Waals surface area contributed by atoms with Crippen molar-refractivity contribution in [2.75, 3.05) is 6.61 Å². The number of carbonyl (C=O) groups excluding carboxylic acids is 2. The molecule has 0 atom stereocenters. The summed E-state index contributed by atoms with van der Waals surface area (Å²) in [6, 6.07) is 6.43. The second-order valence-electron chi connectivity index (χ2n) is 4.13. The van der Waals surface area contributed by atoms with E-state index >= 15 is 0 Å². The maximum absolute atomic E-state index is 11.7. The highest BCUT2D eigenvalue weighted by atomic mass is 16.5. The minimum Gasteiger partial charge on any atom is -0.462 e. The molecule has 2 aromatic rings. The van der Waals surface area contributed by atoms with Gasteiger partial charge in [0.05, 0.1) is 18.4 Å². The van der Waals surface area contributed by atoms with Gasteiger partial charge in [-0.1, -0.05) is 12.1 Å². The number of esters is 1. The normalized spacial score (nSPS) is 10.2. The maximum atomic E-state index is 11.7. The maximum Gasteiger partial charge on any atom is 0.338 e. The number of aromatic nitrogens is 2. The first-order chi connectivity index (χ1) is 9.16. The average molecular weight is 258 g/mol. The molecule has 1 heterocycles. The average Bonchev–Trinajstić information content (AvgIpc) is 2.92. The van der Waals surface area contributed by atoms with Crippen molar-refractivity contribution in [1.29, 1.82) is 0 Å². The van der Waals surface area contributed by atoms with Crippen molar-refractivity contribution in [2.24, 2.45) is 0 Å². The molecule has 5 heteroatoms. The second kappa shape index (κ2) is 5.95. The van der Waals surface area contributed by atoms with E-state index in [9.17, 15) is 9.59 Å². The van der Waals surface area contributed by atoms with E-state index in [0.29, 0.717) is 24.2 Å². The lowest BCUT2D eigenvalue weighted by atomic mass is 10.1. The molecule has 1 N–H and O–H groups in total. The Balaban J connectivity index is 1.87. The second-order valence-corrected chi connectivity index (χ2v) is 4.13. The van der Waals surface area contributed by atoms with E-state index in [1.54, 1.807) is 36.7 Å². The molecule has 5 nitrogen and oxygen atoms in total. The van der Waals surface area contributed by atoms with E-state index in [-0.39, 0.29) is 5.78 Å². The number of ether oxygens (including phenoxy) is 1. The van der Waals surface area contributed by atoms with Gasteiger partial charge in [0.2, 0.25) is 0 Å². The van der Waals surface area contributed by atoms with Gasteiger partial charge in [0.25, 0.3) is 0 Å². The molecule has 0 unspecified atom stereocenters. The Morgan fingerprint density at radius 1 is 1.21 bits per heavy atom. The minimum atomic E-state index is -0.390. The van der Waals surface area contributed by atoms with Gasteiger partial charge >= 0.3 is 5.97 Å². The van der Waals surface area contributed by atoms with Gasteiger partial charge in [-0.05, 0) is 24.6 Å². The molecule has 0 saturated carbocycles. The van der Waals surface area contributed by atoms with Gasteiger partial charge in [-0.15, -0.1) is 0 Å². The van der Waals surface area contributed by atoms with Crippen LogP contribution in [0.2, 0.25) is 0 Å². The summed E-state index contributed by atoms with van der Waals surface area (Å²) < 4.78 is 5.14. The molecule has 1 aromatic heterocycles. The molecule has 2 rings (SSSR count). The highest BCUT2D eigenvalue weighted by molar-refractivity contribution is 5.96. The number of hydrogen-bond donors (Lipinski definition) is 1. The molecule has 1 aromatic carbocycles. The minimum absolute atomic E-state index is 0.0279. The van der Waals surface area contributed by atoms with Crippen molar-refractivity contribution < 1.29 is 14.3 Å². The third-order valence-corrected chi connectivity index (χ3v) is 2.71. The number of benzene rings is 1. The van der Waals surface area contributed by atoms with Crippen LogP contribution in [0.4, 0.5) is 0 Å². The van der Waals surface area contributed by atoms with Crippen LogP contribution < -0.4 is 0 Å². The molecule has 98 valence electrons. The van der Waals surface area contributed by atoms with E-state index in [0.717, 1.165) is 5.56 Å². The van der Waals surface area contributed by atoms with Gasteiger partial charge in [-0.25, -0.2) is 4.79 Å². The summed E-state index contributed by atoms with van der Waals surface area (Å²) in [6.45, 7) is 1.78. The van der Waals surface area contributed by atoms with Crippen LogP contribution in [-0.2, 0) is 11.2 Å². The Hall–Kier alpha value is -2.43. The van der Waals surface area contributed by atoms with Crippen LogP contribution in [0.5, 0.6) is 0 Å². The van der Waals surface area contributed by atoms with Crippen LogP contribution in [0, 0.1) is 0 Å². The summed E-state index contributed by atoms with van der Waals surface area (Å²) in [6.07, 6.45) is 4.07. The number of nitrogens with one attached hydrogen (secondary N) is 1. The molecular weight excluding hydrogens is 244 g/mol. The quantitative estimate of drug-likeness (QED) is 0.657. The molecule has 0 aliphatic carbocycles. The lowest BCUT2D eigenvalue weighted by molar-refractivity contribution is 0.0509. The molecule has 0 fully saturated rings. The molecule has 0 bridgehead atoms. The van der Waals surface area contributed by atoms with Gasteiger partial charge in [-0.2, -0.15) is 5.10 Å². The Kier molecular flexibility index (Phi) is 4.07. The number of ketones is 1. The highest BCUT2D eigenvalue weighted by Crippen LogP contribution is 2.07. The van der Waals surface area contributed by atoms with Gasteiger partial charge < -0.3 is 4.74 Å². The first-order valence-electron chi connectivity index (χ1n) is 5.92. The van der Waals surface area contributed by atoms with Crippen molar-refractivity contribution in [1.82, 2.24) is 10.2 Å². The molecule has 0 radical (unpaired) electrons. The first-order valence-corrected chi connectivity index (χ1v) is 5.92. The predicted octanol–water partition coefficient (Wildman–Crippen LogP) is 2.01. The molecule has 0 saturated heterocycles. The number of aromatic amines is 1. The van der Waals surface area contributed by atoms with E-state index in [2.05, 4.69) is 10.2 Å². The van der Waals surface area contributed by atoms with E-state index in [1.165, 1.54) is 6.92 Å². The summed E-state index contributed by atoms with van der Waals surface area (Å²) in [4.78, 5) is 22.8. The monoisotopic (exact) mass is 258 g/mol. The third kappa shape index (κ3) is 3.51. The largest absolute Gasteiger partial charge is 0.462 e. The summed E-state index contributed by atoms with van der Waals surface area (Å²) in [5.41, 5.74) is 2.01. The van der Waals surface area contributed by atoms with Crippen molar-refractivity contribution in [3.63, 3.8) is 0 Å². The van der Waals surface area contributed by atoms with Crippen molar-refractivity contribution in [3.05, 3.63) is 53.3 Å². The summed E-state index contributed by atoms with van der Waals surface area (Å²) >= 11 is 0. The first kappa shape index (κ1) is 13.0. The van der Waals surface area contributed by atoms with Crippen molar-refractivity contribution in [3.8, 4) is 0 Å². The van der Waals surface area contributed by atoms with E-state index in [1.807, 2.05) is 0 Å². The van der Waals surface area contributed by atoms with Crippen LogP contribution in [0.3, 0.4) is 0 Å². The SMILES string of the molecule is CC(=O)c1ccc(C(=O)OCCc2cn[nH]c2)cc1. The smallest absolute Gasteiger partial charge is 0.338 e.